The summed E-state index contributed by atoms with van der Waals surface area (Å²) < 4.78 is 71.5. The van der Waals surface area contributed by atoms with E-state index in [0.29, 0.717) is 23.5 Å². The van der Waals surface area contributed by atoms with Crippen LogP contribution in [-0.2, 0) is 22.4 Å². The van der Waals surface area contributed by atoms with E-state index in [-0.39, 0.29) is 24.0 Å². The van der Waals surface area contributed by atoms with Gasteiger partial charge < -0.3 is 28.5 Å². The number of hydrogen-bond donors (Lipinski definition) is 1. The smallest absolute Gasteiger partial charge is 0.309 e. The van der Waals surface area contributed by atoms with Gasteiger partial charge in [0.1, 0.15) is 5.75 Å². The lowest BCUT2D eigenvalue weighted by Crippen LogP contribution is -2.43. The molecule has 2 aromatic rings. The Morgan fingerprint density at radius 3 is 2.20 bits per heavy atom. The largest absolute Gasteiger partial charge is 0.541 e. The van der Waals surface area contributed by atoms with Crippen LogP contribution >= 0.6 is 0 Å². The molecule has 1 saturated heterocycles. The average molecular weight is 509 g/mol. The third-order valence-electron chi connectivity index (χ3n) is 6.98. The van der Waals surface area contributed by atoms with Crippen LogP contribution in [0.4, 0.5) is 0 Å². The molecular weight excluding hydrogens is 464 g/mol. The van der Waals surface area contributed by atoms with Crippen LogP contribution in [0.5, 0.6) is 28.7 Å². The minimum absolute atomic E-state index is 0.00245. The molecular formula is C27H38O7Si. The van der Waals surface area contributed by atoms with Crippen molar-refractivity contribution < 1.29 is 41.5 Å². The number of rotatable bonds is 9. The Labute approximate surface area is 217 Å². The Bertz CT molecular complexity index is 1220. The Hall–Kier alpha value is -2.87. The monoisotopic (exact) mass is 508 g/mol. The maximum absolute atomic E-state index is 12.7. The molecule has 0 aliphatic carbocycles. The third-order valence-corrected chi connectivity index (χ3v) is 11.3. The first-order valence-corrected chi connectivity index (χ1v) is 14.4. The first-order valence-electron chi connectivity index (χ1n) is 14.5. The predicted octanol–water partition coefficient (Wildman–Crippen LogP) is 5.38. The first kappa shape index (κ1) is 19.3. The molecule has 3 rings (SSSR count). The van der Waals surface area contributed by atoms with E-state index in [2.05, 4.69) is 33.9 Å². The highest BCUT2D eigenvalue weighted by molar-refractivity contribution is 6.74. The number of methoxy groups -OCH3 is 3. The van der Waals surface area contributed by atoms with E-state index in [4.69, 9.17) is 31.6 Å². The highest BCUT2D eigenvalue weighted by atomic mass is 28.4. The average Bonchev–Trinajstić information content (AvgIpc) is 3.13. The van der Waals surface area contributed by atoms with E-state index >= 15 is 0 Å². The summed E-state index contributed by atoms with van der Waals surface area (Å²) in [5, 5.41) is 10.4. The highest BCUT2D eigenvalue weighted by Crippen LogP contribution is 2.41. The Morgan fingerprint density at radius 2 is 1.63 bits per heavy atom. The van der Waals surface area contributed by atoms with Crippen LogP contribution in [0.1, 0.15) is 40.1 Å². The molecule has 7 nitrogen and oxygen atoms in total. The molecule has 2 atom stereocenters. The number of benzene rings is 2. The second kappa shape index (κ2) is 10.4. The van der Waals surface area contributed by atoms with Gasteiger partial charge >= 0.3 is 5.97 Å². The molecule has 1 heterocycles. The maximum Gasteiger partial charge on any atom is 0.309 e. The van der Waals surface area contributed by atoms with Crippen molar-refractivity contribution in [2.45, 2.75) is 51.7 Å². The predicted molar refractivity (Wildman–Crippen MR) is 137 cm³/mol. The summed E-state index contributed by atoms with van der Waals surface area (Å²) in [5.74, 6) is -1.79. The number of phenolic OH excluding ortho intramolecular Hbond substituents is 1. The molecule has 35 heavy (non-hydrogen) atoms. The van der Waals surface area contributed by atoms with Gasteiger partial charge in [-0.3, -0.25) is 4.79 Å². The van der Waals surface area contributed by atoms with Crippen LogP contribution in [0.3, 0.4) is 0 Å². The topological polar surface area (TPSA) is 83.5 Å². The van der Waals surface area contributed by atoms with Crippen molar-refractivity contribution in [3.63, 3.8) is 0 Å². The van der Waals surface area contributed by atoms with Gasteiger partial charge in [0.05, 0.1) is 41.9 Å². The van der Waals surface area contributed by atoms with E-state index in [1.807, 2.05) is 18.2 Å². The number of aromatic hydroxyl groups is 1. The molecule has 0 spiro atoms. The van der Waals surface area contributed by atoms with E-state index in [9.17, 15) is 9.90 Å². The van der Waals surface area contributed by atoms with Crippen LogP contribution in [0, 0.1) is 11.8 Å². The molecule has 0 aromatic heterocycles. The number of carbonyl (C=O) groups excluding carboxylic acids is 1. The minimum atomic E-state index is -2.91. The summed E-state index contributed by atoms with van der Waals surface area (Å²) in [6.07, 6.45) is 0.546. The summed E-state index contributed by atoms with van der Waals surface area (Å²) in [6.45, 7) is 10.9. The number of cyclic esters (lactones) is 1. The van der Waals surface area contributed by atoms with Crippen molar-refractivity contribution in [1.82, 2.24) is 0 Å². The van der Waals surface area contributed by atoms with Crippen molar-refractivity contribution in [2.24, 2.45) is 11.8 Å². The van der Waals surface area contributed by atoms with Crippen LogP contribution in [0.25, 0.3) is 0 Å². The second-order valence-corrected chi connectivity index (χ2v) is 15.1. The van der Waals surface area contributed by atoms with Crippen molar-refractivity contribution in [2.75, 3.05) is 27.8 Å². The summed E-state index contributed by atoms with van der Waals surface area (Å²) in [5.41, 5.74) is 1.24. The second-order valence-electron chi connectivity index (χ2n) is 10.4. The summed E-state index contributed by atoms with van der Waals surface area (Å²) in [4.78, 5) is 12.7. The number of hydrogen-bond acceptors (Lipinski definition) is 7. The maximum atomic E-state index is 12.7. The molecule has 192 valence electrons. The van der Waals surface area contributed by atoms with Gasteiger partial charge in [-0.2, -0.15) is 0 Å². The van der Waals surface area contributed by atoms with Gasteiger partial charge in [-0.1, -0.05) is 26.8 Å². The van der Waals surface area contributed by atoms with Gasteiger partial charge in [0.15, 0.2) is 17.2 Å². The fourth-order valence-corrected chi connectivity index (χ4v) is 4.90. The molecule has 0 saturated carbocycles. The minimum Gasteiger partial charge on any atom is -0.541 e. The molecule has 0 bridgehead atoms. The molecule has 2 unspecified atom stereocenters. The van der Waals surface area contributed by atoms with Gasteiger partial charge in [0.25, 0.3) is 8.32 Å². The molecule has 1 aliphatic rings. The van der Waals surface area contributed by atoms with Crippen LogP contribution < -0.4 is 18.6 Å². The van der Waals surface area contributed by atoms with Gasteiger partial charge in [0.2, 0.25) is 5.75 Å². The van der Waals surface area contributed by atoms with Crippen LogP contribution in [-0.4, -0.2) is 47.2 Å². The summed E-state index contributed by atoms with van der Waals surface area (Å²) >= 11 is 0. The molecule has 0 radical (unpaired) electrons. The Balaban J connectivity index is 1.87. The van der Waals surface area contributed by atoms with Crippen LogP contribution in [0.15, 0.2) is 30.3 Å². The fourth-order valence-electron chi connectivity index (χ4n) is 3.87. The standard InChI is InChI=1S/C27H38O7Si/c1-27(2,3)35(7,8)34-21-10-9-17(13-22(21)30-4)11-19-16-33-26(29)20(19)12-18-14-23(31-5)25(28)24(15-18)32-6/h9-10,13-15,19-20,28H,11-12,16H2,1-8H3/i5D3,6D3. The van der Waals surface area contributed by atoms with Gasteiger partial charge in [0, 0.05) is 5.92 Å². The normalized spacial score (nSPS) is 21.5. The number of esters is 1. The van der Waals surface area contributed by atoms with Crippen molar-refractivity contribution in [3.05, 3.63) is 41.5 Å². The molecule has 1 aliphatic heterocycles. The number of ether oxygens (including phenoxy) is 4. The molecule has 2 aromatic carbocycles. The molecule has 1 fully saturated rings. The third kappa shape index (κ3) is 5.86. The van der Waals surface area contributed by atoms with E-state index in [1.54, 1.807) is 7.11 Å². The zero-order valence-electron chi connectivity index (χ0n) is 27.1. The summed E-state index contributed by atoms with van der Waals surface area (Å²) in [7, 11) is -6.36. The zero-order valence-corrected chi connectivity index (χ0v) is 22.1. The van der Waals surface area contributed by atoms with Crippen molar-refractivity contribution in [3.8, 4) is 28.7 Å². The summed E-state index contributed by atoms with van der Waals surface area (Å²) in [6, 6.07) is 8.20. The lowest BCUT2D eigenvalue weighted by atomic mass is 9.85. The highest BCUT2D eigenvalue weighted by Gasteiger charge is 2.40. The lowest BCUT2D eigenvalue weighted by molar-refractivity contribution is -0.141. The Morgan fingerprint density at radius 1 is 1.00 bits per heavy atom. The van der Waals surface area contributed by atoms with Gasteiger partial charge in [-0.05, 0) is 66.4 Å². The fraction of sp³-hybridized carbons (Fsp3) is 0.519. The van der Waals surface area contributed by atoms with Gasteiger partial charge in [-0.15, -0.1) is 0 Å². The van der Waals surface area contributed by atoms with E-state index in [0.717, 1.165) is 5.56 Å². The molecule has 1 N–H and O–H groups in total. The molecule has 8 heteroatoms. The van der Waals surface area contributed by atoms with Crippen molar-refractivity contribution >= 4 is 14.3 Å². The molecule has 0 amide bonds. The number of carbonyl (C=O) groups is 1. The first-order chi connectivity index (χ1) is 18.7. The SMILES string of the molecule is [2H]C([2H])([2H])Oc1cc(CC2C(=O)OCC2Cc2ccc(O[Si](C)(C)C(C)(C)C)c(OC)c2)cc(OC([2H])([2H])[2H])c1O. The van der Waals surface area contributed by atoms with E-state index < -0.39 is 51.5 Å². The quantitative estimate of drug-likeness (QED) is 0.360. The lowest BCUT2D eigenvalue weighted by Gasteiger charge is -2.36. The van der Waals surface area contributed by atoms with E-state index in [1.165, 1.54) is 12.1 Å². The zero-order chi connectivity index (χ0) is 31.0. The van der Waals surface area contributed by atoms with Gasteiger partial charge in [-0.25, -0.2) is 0 Å². The van der Waals surface area contributed by atoms with Crippen molar-refractivity contribution in [1.29, 1.82) is 0 Å². The number of phenols is 1. The van der Waals surface area contributed by atoms with Crippen LogP contribution in [0.2, 0.25) is 18.1 Å². The Kier molecular flexibility index (Phi) is 5.74.